The third kappa shape index (κ3) is 4.78. The monoisotopic (exact) mass is 437 g/mol. The second-order valence-corrected chi connectivity index (χ2v) is 6.99. The summed E-state index contributed by atoms with van der Waals surface area (Å²) in [6, 6.07) is 6.11. The largest absolute Gasteiger partial charge is 0.434 e. The van der Waals surface area contributed by atoms with E-state index in [0.29, 0.717) is 23.6 Å². The van der Waals surface area contributed by atoms with E-state index in [1.807, 2.05) is 6.92 Å². The summed E-state index contributed by atoms with van der Waals surface area (Å²) >= 11 is 12.0. The number of nitrogens with zero attached hydrogens (tertiary/aromatic N) is 2. The van der Waals surface area contributed by atoms with Crippen LogP contribution in [0.15, 0.2) is 24.3 Å². The van der Waals surface area contributed by atoms with E-state index in [0.717, 1.165) is 0 Å². The second-order valence-electron chi connectivity index (χ2n) is 6.20. The van der Waals surface area contributed by atoms with Crippen LogP contribution in [0.3, 0.4) is 0 Å². The lowest BCUT2D eigenvalue weighted by atomic mass is 10.2. The zero-order valence-electron chi connectivity index (χ0n) is 15.6. The quantitative estimate of drug-likeness (QED) is 0.528. The highest BCUT2D eigenvalue weighted by atomic mass is 35.5. The molecular formula is C19H18Cl2FN5O2. The van der Waals surface area contributed by atoms with Gasteiger partial charge in [0.05, 0.1) is 5.02 Å². The van der Waals surface area contributed by atoms with Gasteiger partial charge in [0.1, 0.15) is 11.0 Å². The molecule has 1 aromatic carbocycles. The average Bonchev–Trinajstić information content (AvgIpc) is 3.02. The molecule has 0 fully saturated rings. The number of halogens is 3. The minimum Gasteiger partial charge on any atom is -0.434 e. The highest BCUT2D eigenvalue weighted by Gasteiger charge is 2.19. The van der Waals surface area contributed by atoms with Crippen LogP contribution in [0.5, 0.6) is 11.6 Å². The summed E-state index contributed by atoms with van der Waals surface area (Å²) < 4.78 is 20.5. The molecular weight excluding hydrogens is 420 g/mol. The number of imidazole rings is 1. The van der Waals surface area contributed by atoms with Gasteiger partial charge in [-0.05, 0) is 25.5 Å². The van der Waals surface area contributed by atoms with E-state index in [-0.39, 0.29) is 39.6 Å². The third-order valence-corrected chi connectivity index (χ3v) is 4.58. The SMILES string of the molecule is CCc1cc(N)cc(Oc2c(Cl)ccc(CNC(=O)c3nc(C)[nH]c3Cl)c2F)n1. The number of nitrogen functional groups attached to an aromatic ring is 1. The zero-order chi connectivity index (χ0) is 21.1. The molecule has 0 unspecified atom stereocenters. The van der Waals surface area contributed by atoms with Crippen LogP contribution in [0.1, 0.15) is 34.5 Å². The first kappa shape index (κ1) is 20.9. The summed E-state index contributed by atoms with van der Waals surface area (Å²) in [6.45, 7) is 3.46. The Balaban J connectivity index is 1.81. The van der Waals surface area contributed by atoms with Crippen molar-refractivity contribution in [2.75, 3.05) is 5.73 Å². The van der Waals surface area contributed by atoms with Crippen LogP contribution < -0.4 is 15.8 Å². The molecule has 1 amide bonds. The molecule has 3 aromatic rings. The van der Waals surface area contributed by atoms with Gasteiger partial charge in [-0.1, -0.05) is 36.2 Å². The lowest BCUT2D eigenvalue weighted by molar-refractivity contribution is 0.0946. The normalized spacial score (nSPS) is 10.8. The minimum atomic E-state index is -0.718. The van der Waals surface area contributed by atoms with Crippen molar-refractivity contribution in [3.05, 3.63) is 63.0 Å². The Kier molecular flexibility index (Phi) is 6.24. The minimum absolute atomic E-state index is 0.0334. The van der Waals surface area contributed by atoms with Crippen LogP contribution in [-0.4, -0.2) is 20.9 Å². The summed E-state index contributed by atoms with van der Waals surface area (Å²) in [4.78, 5) is 23.2. The molecule has 2 aromatic heterocycles. The van der Waals surface area contributed by atoms with Crippen molar-refractivity contribution in [3.63, 3.8) is 0 Å². The van der Waals surface area contributed by atoms with Crippen molar-refractivity contribution >= 4 is 34.8 Å². The maximum atomic E-state index is 15.0. The molecule has 0 aliphatic heterocycles. The Bertz CT molecular complexity index is 1070. The van der Waals surface area contributed by atoms with Gasteiger partial charge in [-0.3, -0.25) is 4.79 Å². The lowest BCUT2D eigenvalue weighted by Gasteiger charge is -2.13. The number of hydrogen-bond acceptors (Lipinski definition) is 5. The predicted octanol–water partition coefficient (Wildman–Crippen LogP) is 4.43. The second kappa shape index (κ2) is 8.67. The maximum absolute atomic E-state index is 15.0. The molecule has 7 nitrogen and oxygen atoms in total. The molecule has 0 spiro atoms. The van der Waals surface area contributed by atoms with Gasteiger partial charge in [0.25, 0.3) is 5.91 Å². The summed E-state index contributed by atoms with van der Waals surface area (Å²) in [5.41, 5.74) is 7.17. The number of aromatic nitrogens is 3. The van der Waals surface area contributed by atoms with E-state index in [9.17, 15) is 9.18 Å². The number of aryl methyl sites for hydroxylation is 2. The van der Waals surface area contributed by atoms with Crippen LogP contribution >= 0.6 is 23.2 Å². The summed E-state index contributed by atoms with van der Waals surface area (Å²) in [5.74, 6) is -0.838. The Morgan fingerprint density at radius 2 is 2.07 bits per heavy atom. The number of nitrogens with one attached hydrogen (secondary N) is 2. The van der Waals surface area contributed by atoms with Crippen LogP contribution in [-0.2, 0) is 13.0 Å². The van der Waals surface area contributed by atoms with Crippen molar-refractivity contribution in [2.24, 2.45) is 0 Å². The number of rotatable bonds is 6. The Hall–Kier alpha value is -2.84. The number of pyridine rings is 1. The van der Waals surface area contributed by atoms with Crippen molar-refractivity contribution < 1.29 is 13.9 Å². The molecule has 0 atom stereocenters. The fourth-order valence-electron chi connectivity index (χ4n) is 2.60. The van der Waals surface area contributed by atoms with Gasteiger partial charge in [-0.25, -0.2) is 14.4 Å². The molecule has 0 saturated heterocycles. The average molecular weight is 438 g/mol. The van der Waals surface area contributed by atoms with Crippen LogP contribution in [0.2, 0.25) is 10.2 Å². The highest BCUT2D eigenvalue weighted by Crippen LogP contribution is 2.34. The first-order valence-corrected chi connectivity index (χ1v) is 9.45. The number of benzene rings is 1. The highest BCUT2D eigenvalue weighted by molar-refractivity contribution is 6.32. The van der Waals surface area contributed by atoms with Gasteiger partial charge in [0, 0.05) is 29.6 Å². The molecule has 29 heavy (non-hydrogen) atoms. The molecule has 152 valence electrons. The van der Waals surface area contributed by atoms with E-state index in [1.165, 1.54) is 18.2 Å². The van der Waals surface area contributed by atoms with Gasteiger partial charge in [-0.2, -0.15) is 0 Å². The summed E-state index contributed by atoms with van der Waals surface area (Å²) in [5, 5.41) is 2.74. The fourth-order valence-corrected chi connectivity index (χ4v) is 3.05. The number of aromatic amines is 1. The fraction of sp³-hybridized carbons (Fsp3) is 0.211. The lowest BCUT2D eigenvalue weighted by Crippen LogP contribution is -2.24. The number of nitrogens with two attached hydrogens (primary N) is 1. The first-order valence-electron chi connectivity index (χ1n) is 8.70. The van der Waals surface area contributed by atoms with Gasteiger partial charge in [0.2, 0.25) is 5.88 Å². The van der Waals surface area contributed by atoms with Gasteiger partial charge >= 0.3 is 0 Å². The van der Waals surface area contributed by atoms with Crippen LogP contribution in [0, 0.1) is 12.7 Å². The van der Waals surface area contributed by atoms with Crippen molar-refractivity contribution in [1.29, 1.82) is 0 Å². The van der Waals surface area contributed by atoms with Gasteiger partial charge in [0.15, 0.2) is 17.3 Å². The van der Waals surface area contributed by atoms with Gasteiger partial charge in [-0.15, -0.1) is 0 Å². The summed E-state index contributed by atoms with van der Waals surface area (Å²) in [6.07, 6.45) is 0.638. The maximum Gasteiger partial charge on any atom is 0.273 e. The smallest absolute Gasteiger partial charge is 0.273 e. The van der Waals surface area contributed by atoms with E-state index >= 15 is 0 Å². The predicted molar refractivity (Wildman–Crippen MR) is 109 cm³/mol. The van der Waals surface area contributed by atoms with Crippen LogP contribution in [0.4, 0.5) is 10.1 Å². The van der Waals surface area contributed by atoms with Crippen LogP contribution in [0.25, 0.3) is 0 Å². The van der Waals surface area contributed by atoms with Crippen molar-refractivity contribution in [3.8, 4) is 11.6 Å². The van der Waals surface area contributed by atoms with Gasteiger partial charge < -0.3 is 20.8 Å². The Morgan fingerprint density at radius 3 is 2.72 bits per heavy atom. The topological polar surface area (TPSA) is 106 Å². The molecule has 0 aliphatic carbocycles. The molecule has 3 rings (SSSR count). The van der Waals surface area contributed by atoms with Crippen molar-refractivity contribution in [1.82, 2.24) is 20.3 Å². The Morgan fingerprint density at radius 1 is 1.31 bits per heavy atom. The van der Waals surface area contributed by atoms with E-state index in [1.54, 1.807) is 13.0 Å². The Labute approximate surface area is 176 Å². The summed E-state index contributed by atoms with van der Waals surface area (Å²) in [7, 11) is 0. The molecule has 0 saturated carbocycles. The number of anilines is 1. The number of carbonyl (C=O) groups excluding carboxylic acids is 1. The van der Waals surface area contributed by atoms with E-state index in [2.05, 4.69) is 20.3 Å². The number of H-pyrrole nitrogens is 1. The molecule has 10 heteroatoms. The number of ether oxygens (including phenoxy) is 1. The van der Waals surface area contributed by atoms with E-state index < -0.39 is 11.7 Å². The molecule has 4 N–H and O–H groups in total. The van der Waals surface area contributed by atoms with Crippen molar-refractivity contribution in [2.45, 2.75) is 26.8 Å². The standard InChI is InChI=1S/C19H18Cl2FN5O2/c1-3-12-6-11(23)7-14(27-12)29-17-13(20)5-4-10(15(17)22)8-24-19(28)16-18(21)26-9(2)25-16/h4-7H,3,8H2,1-2H3,(H2,23,27)(H,24,28)(H,25,26). The molecule has 0 radical (unpaired) electrons. The number of amides is 1. The molecule has 0 aliphatic rings. The number of hydrogen-bond donors (Lipinski definition) is 3. The zero-order valence-corrected chi connectivity index (χ0v) is 17.2. The molecule has 2 heterocycles. The first-order chi connectivity index (χ1) is 13.8. The van der Waals surface area contributed by atoms with E-state index in [4.69, 9.17) is 33.7 Å². The number of carbonyl (C=O) groups is 1. The third-order valence-electron chi connectivity index (χ3n) is 4.01. The molecule has 0 bridgehead atoms.